The van der Waals surface area contributed by atoms with Crippen molar-refractivity contribution in [1.29, 1.82) is 0 Å². The van der Waals surface area contributed by atoms with Gasteiger partial charge < -0.3 is 10.1 Å². The highest BCUT2D eigenvalue weighted by atomic mass is 16.5. The SMILES string of the molecule is COc1ccc(C(=O)/C=C/Nc2ccc(C)cc2)cc1. The lowest BCUT2D eigenvalue weighted by molar-refractivity contribution is 0.104. The molecule has 0 spiro atoms. The smallest absolute Gasteiger partial charge is 0.187 e. The van der Waals surface area contributed by atoms with Gasteiger partial charge in [0, 0.05) is 23.5 Å². The van der Waals surface area contributed by atoms with Gasteiger partial charge in [0.2, 0.25) is 0 Å². The third-order valence-electron chi connectivity index (χ3n) is 2.91. The molecule has 102 valence electrons. The third kappa shape index (κ3) is 3.72. The number of methoxy groups -OCH3 is 1. The fourth-order valence-electron chi connectivity index (χ4n) is 1.71. The summed E-state index contributed by atoms with van der Waals surface area (Å²) in [5.74, 6) is 0.690. The van der Waals surface area contributed by atoms with Crippen LogP contribution in [-0.4, -0.2) is 12.9 Å². The lowest BCUT2D eigenvalue weighted by Crippen LogP contribution is -1.96. The molecule has 0 fully saturated rings. The van der Waals surface area contributed by atoms with Gasteiger partial charge in [-0.1, -0.05) is 17.7 Å². The van der Waals surface area contributed by atoms with Crippen LogP contribution in [0.1, 0.15) is 15.9 Å². The maximum atomic E-state index is 11.9. The van der Waals surface area contributed by atoms with Crippen LogP contribution >= 0.6 is 0 Å². The lowest BCUT2D eigenvalue weighted by atomic mass is 10.1. The third-order valence-corrected chi connectivity index (χ3v) is 2.91. The number of ether oxygens (including phenoxy) is 1. The Morgan fingerprint density at radius 2 is 1.70 bits per heavy atom. The first-order valence-electron chi connectivity index (χ1n) is 6.37. The topological polar surface area (TPSA) is 38.3 Å². The monoisotopic (exact) mass is 267 g/mol. The fraction of sp³-hybridized carbons (Fsp3) is 0.118. The van der Waals surface area contributed by atoms with E-state index < -0.39 is 0 Å². The second-order valence-corrected chi connectivity index (χ2v) is 4.44. The molecular formula is C17H17NO2. The molecule has 0 saturated heterocycles. The molecule has 0 unspecified atom stereocenters. The summed E-state index contributed by atoms with van der Waals surface area (Å²) in [6.07, 6.45) is 3.17. The lowest BCUT2D eigenvalue weighted by Gasteiger charge is -2.02. The number of hydrogen-bond acceptors (Lipinski definition) is 3. The highest BCUT2D eigenvalue weighted by molar-refractivity contribution is 6.04. The molecule has 1 N–H and O–H groups in total. The van der Waals surface area contributed by atoms with Crippen LogP contribution in [0.3, 0.4) is 0 Å². The molecule has 0 aliphatic heterocycles. The molecule has 0 aliphatic carbocycles. The van der Waals surface area contributed by atoms with E-state index in [1.54, 1.807) is 37.6 Å². The molecule has 2 rings (SSSR count). The van der Waals surface area contributed by atoms with Crippen molar-refractivity contribution in [3.8, 4) is 5.75 Å². The highest BCUT2D eigenvalue weighted by Crippen LogP contribution is 2.12. The van der Waals surface area contributed by atoms with Crippen LogP contribution in [0.2, 0.25) is 0 Å². The number of carbonyl (C=O) groups is 1. The molecule has 3 nitrogen and oxygen atoms in total. The minimum atomic E-state index is -0.0488. The largest absolute Gasteiger partial charge is 0.497 e. The normalized spacial score (nSPS) is 10.5. The Labute approximate surface area is 118 Å². The number of carbonyl (C=O) groups excluding carboxylic acids is 1. The van der Waals surface area contributed by atoms with Crippen molar-refractivity contribution in [2.45, 2.75) is 6.92 Å². The van der Waals surface area contributed by atoms with Crippen molar-refractivity contribution >= 4 is 11.5 Å². The zero-order chi connectivity index (χ0) is 14.4. The first kappa shape index (κ1) is 13.9. The van der Waals surface area contributed by atoms with Gasteiger partial charge in [0.1, 0.15) is 5.75 Å². The van der Waals surface area contributed by atoms with E-state index in [1.807, 2.05) is 31.2 Å². The summed E-state index contributed by atoms with van der Waals surface area (Å²) in [5.41, 5.74) is 2.79. The Kier molecular flexibility index (Phi) is 4.56. The average molecular weight is 267 g/mol. The van der Waals surface area contributed by atoms with Gasteiger partial charge in [0.15, 0.2) is 5.78 Å². The molecule has 2 aromatic carbocycles. The number of hydrogen-bond donors (Lipinski definition) is 1. The van der Waals surface area contributed by atoms with Crippen LogP contribution in [0.25, 0.3) is 0 Å². The van der Waals surface area contributed by atoms with E-state index in [-0.39, 0.29) is 5.78 Å². The van der Waals surface area contributed by atoms with Crippen molar-refractivity contribution < 1.29 is 9.53 Å². The molecule has 0 aliphatic rings. The number of rotatable bonds is 5. The maximum absolute atomic E-state index is 11.9. The van der Waals surface area contributed by atoms with Gasteiger partial charge in [0.05, 0.1) is 7.11 Å². The number of anilines is 1. The van der Waals surface area contributed by atoms with Crippen LogP contribution in [-0.2, 0) is 0 Å². The summed E-state index contributed by atoms with van der Waals surface area (Å²) < 4.78 is 5.06. The molecule has 3 heteroatoms. The maximum Gasteiger partial charge on any atom is 0.187 e. The molecule has 0 heterocycles. The van der Waals surface area contributed by atoms with Crippen molar-refractivity contribution in [3.63, 3.8) is 0 Å². The van der Waals surface area contributed by atoms with Gasteiger partial charge in [-0.15, -0.1) is 0 Å². The Bertz CT molecular complexity index is 598. The summed E-state index contributed by atoms with van der Waals surface area (Å²) in [5, 5.41) is 3.07. The van der Waals surface area contributed by atoms with Crippen LogP contribution in [0.15, 0.2) is 60.8 Å². The minimum absolute atomic E-state index is 0.0488. The Morgan fingerprint density at radius 1 is 1.05 bits per heavy atom. The second-order valence-electron chi connectivity index (χ2n) is 4.44. The molecule has 0 amide bonds. The van der Waals surface area contributed by atoms with E-state index in [4.69, 9.17) is 4.74 Å². The Balaban J connectivity index is 1.96. The molecule has 0 aromatic heterocycles. The first-order chi connectivity index (χ1) is 9.69. The predicted molar refractivity (Wildman–Crippen MR) is 81.3 cm³/mol. The summed E-state index contributed by atoms with van der Waals surface area (Å²) in [6.45, 7) is 2.03. The number of ketones is 1. The summed E-state index contributed by atoms with van der Waals surface area (Å²) >= 11 is 0. The van der Waals surface area contributed by atoms with Crippen molar-refractivity contribution in [1.82, 2.24) is 0 Å². The van der Waals surface area contributed by atoms with Crippen LogP contribution in [0, 0.1) is 6.92 Å². The van der Waals surface area contributed by atoms with E-state index in [2.05, 4.69) is 5.32 Å². The Hall–Kier alpha value is -2.55. The first-order valence-corrected chi connectivity index (χ1v) is 6.37. The number of allylic oxidation sites excluding steroid dienone is 1. The molecule has 0 radical (unpaired) electrons. The fourth-order valence-corrected chi connectivity index (χ4v) is 1.71. The predicted octanol–water partition coefficient (Wildman–Crippen LogP) is 3.81. The minimum Gasteiger partial charge on any atom is -0.497 e. The average Bonchev–Trinajstić information content (AvgIpc) is 2.49. The van der Waals surface area contributed by atoms with Crippen molar-refractivity contribution in [2.75, 3.05) is 12.4 Å². The standard InChI is InChI=1S/C17H17NO2/c1-13-3-7-15(8-4-13)18-12-11-17(19)14-5-9-16(20-2)10-6-14/h3-12,18H,1-2H3/b12-11+. The van der Waals surface area contributed by atoms with Crippen LogP contribution in [0.5, 0.6) is 5.75 Å². The van der Waals surface area contributed by atoms with E-state index in [9.17, 15) is 4.79 Å². The van der Waals surface area contributed by atoms with Gasteiger partial charge in [-0.05, 0) is 43.3 Å². The van der Waals surface area contributed by atoms with Crippen LogP contribution < -0.4 is 10.1 Å². The zero-order valence-corrected chi connectivity index (χ0v) is 11.6. The Morgan fingerprint density at radius 3 is 2.30 bits per heavy atom. The number of nitrogens with one attached hydrogen (secondary N) is 1. The summed E-state index contributed by atoms with van der Waals surface area (Å²) in [4.78, 5) is 11.9. The molecular weight excluding hydrogens is 250 g/mol. The van der Waals surface area contributed by atoms with Gasteiger partial charge in [-0.2, -0.15) is 0 Å². The van der Waals surface area contributed by atoms with Gasteiger partial charge in [-0.3, -0.25) is 4.79 Å². The van der Waals surface area contributed by atoms with Crippen LogP contribution in [0.4, 0.5) is 5.69 Å². The van der Waals surface area contributed by atoms with Crippen molar-refractivity contribution in [2.24, 2.45) is 0 Å². The van der Waals surface area contributed by atoms with E-state index >= 15 is 0 Å². The van der Waals surface area contributed by atoms with Gasteiger partial charge in [0.25, 0.3) is 0 Å². The van der Waals surface area contributed by atoms with Crippen molar-refractivity contribution in [3.05, 3.63) is 71.9 Å². The van der Waals surface area contributed by atoms with E-state index in [1.165, 1.54) is 11.6 Å². The molecule has 2 aromatic rings. The zero-order valence-electron chi connectivity index (χ0n) is 11.6. The quantitative estimate of drug-likeness (QED) is 0.661. The molecule has 0 atom stereocenters. The van der Waals surface area contributed by atoms with E-state index in [0.717, 1.165) is 11.4 Å². The summed E-state index contributed by atoms with van der Waals surface area (Å²) in [7, 11) is 1.60. The number of benzene rings is 2. The molecule has 0 bridgehead atoms. The summed E-state index contributed by atoms with van der Waals surface area (Å²) in [6, 6.07) is 15.0. The highest BCUT2D eigenvalue weighted by Gasteiger charge is 2.01. The molecule has 20 heavy (non-hydrogen) atoms. The van der Waals surface area contributed by atoms with Gasteiger partial charge in [-0.25, -0.2) is 0 Å². The second kappa shape index (κ2) is 6.57. The van der Waals surface area contributed by atoms with E-state index in [0.29, 0.717) is 5.56 Å². The number of aryl methyl sites for hydroxylation is 1. The van der Waals surface area contributed by atoms with Gasteiger partial charge >= 0.3 is 0 Å². The molecule has 0 saturated carbocycles.